The Kier molecular flexibility index (Phi) is 5.14. The van der Waals surface area contributed by atoms with Crippen molar-refractivity contribution in [3.05, 3.63) is 90.6 Å². The molecule has 0 bridgehead atoms. The number of esters is 1. The Morgan fingerprint density at radius 1 is 1.22 bits per heavy atom. The molecule has 7 nitrogen and oxygen atoms in total. The highest BCUT2D eigenvalue weighted by Crippen LogP contribution is 2.38. The summed E-state index contributed by atoms with van der Waals surface area (Å²) in [5.41, 5.74) is 2.29. The second kappa shape index (κ2) is 8.12. The van der Waals surface area contributed by atoms with Crippen LogP contribution in [-0.2, 0) is 9.53 Å². The number of ether oxygens (including phenoxy) is 3. The number of benzene rings is 2. The van der Waals surface area contributed by atoms with Gasteiger partial charge in [0.25, 0.3) is 5.56 Å². The van der Waals surface area contributed by atoms with Gasteiger partial charge in [-0.1, -0.05) is 47.7 Å². The summed E-state index contributed by atoms with van der Waals surface area (Å²) in [5.74, 6) is 0.712. The highest BCUT2D eigenvalue weighted by Gasteiger charge is 2.34. The van der Waals surface area contributed by atoms with Crippen molar-refractivity contribution in [3.8, 4) is 11.5 Å². The fourth-order valence-corrected chi connectivity index (χ4v) is 4.94. The van der Waals surface area contributed by atoms with Crippen molar-refractivity contribution in [1.82, 2.24) is 4.57 Å². The number of carbonyl (C=O) groups excluding carboxylic acids is 1. The van der Waals surface area contributed by atoms with E-state index in [0.717, 1.165) is 11.1 Å². The van der Waals surface area contributed by atoms with E-state index in [1.807, 2.05) is 42.5 Å². The lowest BCUT2D eigenvalue weighted by molar-refractivity contribution is -0.139. The van der Waals surface area contributed by atoms with Gasteiger partial charge in [-0.15, -0.1) is 0 Å². The topological polar surface area (TPSA) is 79.1 Å². The molecule has 2 aromatic carbocycles. The summed E-state index contributed by atoms with van der Waals surface area (Å²) in [7, 11) is 0. The molecule has 1 atom stereocenters. The molecule has 0 fully saturated rings. The quantitative estimate of drug-likeness (QED) is 0.573. The van der Waals surface area contributed by atoms with Crippen LogP contribution in [0.1, 0.15) is 31.0 Å². The van der Waals surface area contributed by atoms with Crippen molar-refractivity contribution in [2.45, 2.75) is 19.9 Å². The summed E-state index contributed by atoms with van der Waals surface area (Å²) in [4.78, 5) is 31.6. The molecule has 0 spiro atoms. The molecule has 0 saturated heterocycles. The maximum atomic E-state index is 13.5. The Hall–Kier alpha value is -3.65. The maximum Gasteiger partial charge on any atom is 0.338 e. The summed E-state index contributed by atoms with van der Waals surface area (Å²) in [5, 5.41) is 0. The second-order valence-corrected chi connectivity index (χ2v) is 8.33. The molecule has 0 amide bonds. The average molecular weight is 449 g/mol. The lowest BCUT2D eigenvalue weighted by Gasteiger charge is -2.24. The van der Waals surface area contributed by atoms with Crippen molar-refractivity contribution in [2.24, 2.45) is 4.99 Å². The molecule has 3 heterocycles. The van der Waals surface area contributed by atoms with Gasteiger partial charge in [-0.2, -0.15) is 0 Å². The van der Waals surface area contributed by atoms with Crippen molar-refractivity contribution in [2.75, 3.05) is 13.4 Å². The number of carbonyl (C=O) groups is 1. The lowest BCUT2D eigenvalue weighted by atomic mass is 9.95. The van der Waals surface area contributed by atoms with Gasteiger partial charge in [0.15, 0.2) is 16.3 Å². The van der Waals surface area contributed by atoms with E-state index in [0.29, 0.717) is 32.1 Å². The summed E-state index contributed by atoms with van der Waals surface area (Å²) in [6.45, 7) is 3.87. The van der Waals surface area contributed by atoms with Gasteiger partial charge in [0.1, 0.15) is 0 Å². The number of hydrogen-bond donors (Lipinski definition) is 0. The molecule has 5 rings (SSSR count). The van der Waals surface area contributed by atoms with Gasteiger partial charge in [0, 0.05) is 0 Å². The standard InChI is InChI=1S/C24H20N2O5S/c1-3-29-23(28)20-14(2)25-24-26(21(20)16-9-10-17-18(12-16)31-13-30-17)22(27)19(32-24)11-15-7-5-4-6-8-15/h4-12,21H,3,13H2,1-2H3/b19-11-/t21-/m1/s1. The zero-order chi connectivity index (χ0) is 22.2. The number of nitrogens with zero attached hydrogens (tertiary/aromatic N) is 2. The van der Waals surface area contributed by atoms with E-state index in [1.165, 1.54) is 11.3 Å². The third-order valence-corrected chi connectivity index (χ3v) is 6.31. The van der Waals surface area contributed by atoms with Crippen LogP contribution in [0.3, 0.4) is 0 Å². The van der Waals surface area contributed by atoms with Crippen LogP contribution in [0.5, 0.6) is 11.5 Å². The lowest BCUT2D eigenvalue weighted by Crippen LogP contribution is -2.39. The van der Waals surface area contributed by atoms with Gasteiger partial charge in [0.05, 0.1) is 28.5 Å². The van der Waals surface area contributed by atoms with E-state index in [2.05, 4.69) is 4.99 Å². The third kappa shape index (κ3) is 3.42. The molecule has 0 unspecified atom stereocenters. The molecule has 162 valence electrons. The summed E-state index contributed by atoms with van der Waals surface area (Å²) < 4.78 is 18.4. The first-order valence-electron chi connectivity index (χ1n) is 10.2. The van der Waals surface area contributed by atoms with Crippen LogP contribution in [0.15, 0.2) is 69.6 Å². The highest BCUT2D eigenvalue weighted by atomic mass is 32.1. The number of hydrogen-bond acceptors (Lipinski definition) is 7. The normalized spacial score (nSPS) is 17.2. The monoisotopic (exact) mass is 448 g/mol. The first-order valence-corrected chi connectivity index (χ1v) is 11.0. The Labute approximate surface area is 187 Å². The van der Waals surface area contributed by atoms with Gasteiger partial charge in [-0.3, -0.25) is 9.36 Å². The van der Waals surface area contributed by atoms with Crippen LogP contribution < -0.4 is 24.4 Å². The molecule has 32 heavy (non-hydrogen) atoms. The van der Waals surface area contributed by atoms with Crippen LogP contribution in [-0.4, -0.2) is 23.9 Å². The largest absolute Gasteiger partial charge is 0.463 e. The predicted octanol–water partition coefficient (Wildman–Crippen LogP) is 2.53. The minimum absolute atomic E-state index is 0.137. The summed E-state index contributed by atoms with van der Waals surface area (Å²) in [6, 6.07) is 14.4. The van der Waals surface area contributed by atoms with Gasteiger partial charge in [-0.25, -0.2) is 9.79 Å². The zero-order valence-electron chi connectivity index (χ0n) is 17.5. The summed E-state index contributed by atoms with van der Waals surface area (Å²) >= 11 is 1.30. The Morgan fingerprint density at radius 2 is 2.00 bits per heavy atom. The average Bonchev–Trinajstić information content (AvgIpc) is 3.37. The molecule has 2 aliphatic heterocycles. The Morgan fingerprint density at radius 3 is 2.78 bits per heavy atom. The minimum atomic E-state index is -0.683. The Bertz CT molecular complexity index is 1420. The number of aromatic nitrogens is 1. The van der Waals surface area contributed by atoms with E-state index in [-0.39, 0.29) is 19.0 Å². The Balaban J connectivity index is 1.73. The van der Waals surface area contributed by atoms with Gasteiger partial charge < -0.3 is 14.2 Å². The number of allylic oxidation sites excluding steroid dienone is 1. The van der Waals surface area contributed by atoms with Crippen molar-refractivity contribution in [3.63, 3.8) is 0 Å². The minimum Gasteiger partial charge on any atom is -0.463 e. The molecular formula is C24H20N2O5S. The van der Waals surface area contributed by atoms with Gasteiger partial charge in [-0.05, 0) is 43.2 Å². The number of fused-ring (bicyclic) bond motifs is 2. The second-order valence-electron chi connectivity index (χ2n) is 7.33. The SMILES string of the molecule is CCOC(=O)C1=C(C)N=c2s/c(=C\c3ccccc3)c(=O)n2[C@@H]1c1ccc2c(c1)OCO2. The van der Waals surface area contributed by atoms with E-state index < -0.39 is 12.0 Å². The zero-order valence-corrected chi connectivity index (χ0v) is 18.3. The maximum absolute atomic E-state index is 13.5. The molecule has 1 aromatic heterocycles. The first kappa shape index (κ1) is 20.3. The van der Waals surface area contributed by atoms with Crippen LogP contribution in [0, 0.1) is 0 Å². The van der Waals surface area contributed by atoms with Crippen LogP contribution in [0.4, 0.5) is 0 Å². The van der Waals surface area contributed by atoms with Crippen molar-refractivity contribution < 1.29 is 19.0 Å². The predicted molar refractivity (Wildman–Crippen MR) is 119 cm³/mol. The van der Waals surface area contributed by atoms with Gasteiger partial charge >= 0.3 is 5.97 Å². The highest BCUT2D eigenvalue weighted by molar-refractivity contribution is 7.07. The fourth-order valence-electron chi connectivity index (χ4n) is 3.89. The van der Waals surface area contributed by atoms with E-state index in [1.54, 1.807) is 30.5 Å². The van der Waals surface area contributed by atoms with Crippen molar-refractivity contribution >= 4 is 23.4 Å². The molecule has 0 N–H and O–H groups in total. The smallest absolute Gasteiger partial charge is 0.338 e. The van der Waals surface area contributed by atoms with Gasteiger partial charge in [0.2, 0.25) is 6.79 Å². The summed E-state index contributed by atoms with van der Waals surface area (Å²) in [6.07, 6.45) is 1.84. The van der Waals surface area contributed by atoms with E-state index in [4.69, 9.17) is 14.2 Å². The molecule has 0 aliphatic carbocycles. The fraction of sp³-hybridized carbons (Fsp3) is 0.208. The molecule has 0 radical (unpaired) electrons. The van der Waals surface area contributed by atoms with E-state index in [9.17, 15) is 9.59 Å². The van der Waals surface area contributed by atoms with Crippen LogP contribution in [0.2, 0.25) is 0 Å². The first-order chi connectivity index (χ1) is 15.6. The molecule has 8 heteroatoms. The van der Waals surface area contributed by atoms with Crippen LogP contribution >= 0.6 is 11.3 Å². The third-order valence-electron chi connectivity index (χ3n) is 5.33. The van der Waals surface area contributed by atoms with E-state index >= 15 is 0 Å². The molecule has 3 aromatic rings. The number of thiazole rings is 1. The molecule has 0 saturated carbocycles. The van der Waals surface area contributed by atoms with Crippen molar-refractivity contribution in [1.29, 1.82) is 0 Å². The van der Waals surface area contributed by atoms with Crippen LogP contribution in [0.25, 0.3) is 6.08 Å². The molecular weight excluding hydrogens is 428 g/mol. The molecule has 2 aliphatic rings. The number of rotatable bonds is 4.